The number of anilines is 2. The first-order valence-electron chi connectivity index (χ1n) is 6.64. The minimum Gasteiger partial charge on any atom is -0.481 e. The summed E-state index contributed by atoms with van der Waals surface area (Å²) in [7, 11) is 1.62. The highest BCUT2D eigenvalue weighted by Crippen LogP contribution is 2.19. The molecule has 0 atom stereocenters. The molecule has 0 aromatic carbocycles. The van der Waals surface area contributed by atoms with Crippen LogP contribution in [0.1, 0.15) is 0 Å². The zero-order valence-electron chi connectivity index (χ0n) is 11.4. The molecule has 0 aliphatic carbocycles. The van der Waals surface area contributed by atoms with Crippen LogP contribution in [0.15, 0.2) is 36.8 Å². The van der Waals surface area contributed by atoms with Crippen LogP contribution >= 0.6 is 0 Å². The third-order valence-electron chi connectivity index (χ3n) is 3.41. The van der Waals surface area contributed by atoms with Crippen LogP contribution in [0.5, 0.6) is 5.88 Å². The van der Waals surface area contributed by atoms with E-state index < -0.39 is 0 Å². The Morgan fingerprint density at radius 1 is 0.950 bits per heavy atom. The maximum atomic E-state index is 5.14. The molecule has 0 unspecified atom stereocenters. The van der Waals surface area contributed by atoms with Crippen molar-refractivity contribution in [2.24, 2.45) is 0 Å². The minimum absolute atomic E-state index is 0.599. The second kappa shape index (κ2) is 5.73. The predicted octanol–water partition coefficient (Wildman–Crippen LogP) is 1.21. The molecule has 0 amide bonds. The minimum atomic E-state index is 0.599. The van der Waals surface area contributed by atoms with Crippen LogP contribution in [0, 0.1) is 0 Å². The highest BCUT2D eigenvalue weighted by atomic mass is 16.5. The van der Waals surface area contributed by atoms with Gasteiger partial charge in [0.2, 0.25) is 5.88 Å². The molecule has 2 aromatic heterocycles. The van der Waals surface area contributed by atoms with E-state index in [4.69, 9.17) is 4.74 Å². The van der Waals surface area contributed by atoms with E-state index in [0.717, 1.165) is 37.8 Å². The van der Waals surface area contributed by atoms with E-state index in [9.17, 15) is 0 Å². The fourth-order valence-corrected chi connectivity index (χ4v) is 2.32. The van der Waals surface area contributed by atoms with Gasteiger partial charge in [-0.25, -0.2) is 15.0 Å². The zero-order chi connectivity index (χ0) is 13.8. The Labute approximate surface area is 118 Å². The number of methoxy groups -OCH3 is 1. The standard InChI is InChI=1S/C14H17N5O/c1-20-14-10-13(16-11-17-14)19-8-6-18(7-9-19)12-4-2-3-5-15-12/h2-5,10-11H,6-9H2,1H3. The summed E-state index contributed by atoms with van der Waals surface area (Å²) in [5.74, 6) is 2.55. The van der Waals surface area contributed by atoms with Crippen LogP contribution in [0.2, 0.25) is 0 Å². The van der Waals surface area contributed by atoms with Gasteiger partial charge in [0.15, 0.2) is 0 Å². The average molecular weight is 271 g/mol. The monoisotopic (exact) mass is 271 g/mol. The third kappa shape index (κ3) is 2.64. The number of nitrogens with zero attached hydrogens (tertiary/aromatic N) is 5. The number of rotatable bonds is 3. The van der Waals surface area contributed by atoms with E-state index in [1.807, 2.05) is 30.5 Å². The molecule has 3 rings (SSSR count). The van der Waals surface area contributed by atoms with Gasteiger partial charge in [0, 0.05) is 38.4 Å². The van der Waals surface area contributed by atoms with Gasteiger partial charge in [0.25, 0.3) is 0 Å². The van der Waals surface area contributed by atoms with E-state index in [2.05, 4.69) is 24.8 Å². The summed E-state index contributed by atoms with van der Waals surface area (Å²) in [5.41, 5.74) is 0. The molecule has 6 heteroatoms. The molecular formula is C14H17N5O. The summed E-state index contributed by atoms with van der Waals surface area (Å²) >= 11 is 0. The second-order valence-electron chi connectivity index (χ2n) is 4.58. The first kappa shape index (κ1) is 12.7. The van der Waals surface area contributed by atoms with Gasteiger partial charge < -0.3 is 14.5 Å². The second-order valence-corrected chi connectivity index (χ2v) is 4.58. The molecule has 0 radical (unpaired) electrons. The lowest BCUT2D eigenvalue weighted by Crippen LogP contribution is -2.47. The molecule has 2 aromatic rings. The lowest BCUT2D eigenvalue weighted by molar-refractivity contribution is 0.396. The Kier molecular flexibility index (Phi) is 3.62. The summed E-state index contributed by atoms with van der Waals surface area (Å²) in [6, 6.07) is 7.87. The van der Waals surface area contributed by atoms with Crippen LogP contribution in [0.3, 0.4) is 0 Å². The third-order valence-corrected chi connectivity index (χ3v) is 3.41. The predicted molar refractivity (Wildman–Crippen MR) is 77.2 cm³/mol. The summed E-state index contributed by atoms with van der Waals surface area (Å²) < 4.78 is 5.14. The fraction of sp³-hybridized carbons (Fsp3) is 0.357. The van der Waals surface area contributed by atoms with Crippen molar-refractivity contribution in [2.45, 2.75) is 0 Å². The van der Waals surface area contributed by atoms with E-state index in [0.29, 0.717) is 5.88 Å². The van der Waals surface area contributed by atoms with E-state index >= 15 is 0 Å². The van der Waals surface area contributed by atoms with Crippen molar-refractivity contribution in [3.63, 3.8) is 0 Å². The highest BCUT2D eigenvalue weighted by molar-refractivity contribution is 5.45. The Balaban J connectivity index is 1.66. The number of ether oxygens (including phenoxy) is 1. The molecule has 1 saturated heterocycles. The molecule has 3 heterocycles. The van der Waals surface area contributed by atoms with Gasteiger partial charge >= 0.3 is 0 Å². The molecule has 1 fully saturated rings. The van der Waals surface area contributed by atoms with Crippen LogP contribution < -0.4 is 14.5 Å². The van der Waals surface area contributed by atoms with Crippen LogP contribution in [-0.2, 0) is 0 Å². The maximum Gasteiger partial charge on any atom is 0.218 e. The Hall–Kier alpha value is -2.37. The normalized spacial score (nSPS) is 15.2. The largest absolute Gasteiger partial charge is 0.481 e. The molecule has 104 valence electrons. The number of piperazine rings is 1. The SMILES string of the molecule is COc1cc(N2CCN(c3ccccn3)CC2)ncn1. The summed E-state index contributed by atoms with van der Waals surface area (Å²) in [4.78, 5) is 17.3. The van der Waals surface area contributed by atoms with Gasteiger partial charge in [-0.1, -0.05) is 6.07 Å². The smallest absolute Gasteiger partial charge is 0.218 e. The molecule has 6 nitrogen and oxygen atoms in total. The van der Waals surface area contributed by atoms with Crippen molar-refractivity contribution in [2.75, 3.05) is 43.1 Å². The number of hydrogen-bond acceptors (Lipinski definition) is 6. The van der Waals surface area contributed by atoms with Crippen molar-refractivity contribution in [3.8, 4) is 5.88 Å². The maximum absolute atomic E-state index is 5.14. The van der Waals surface area contributed by atoms with Crippen molar-refractivity contribution in [3.05, 3.63) is 36.8 Å². The number of aromatic nitrogens is 3. The van der Waals surface area contributed by atoms with Gasteiger partial charge in [-0.2, -0.15) is 0 Å². The fourth-order valence-electron chi connectivity index (χ4n) is 2.32. The molecule has 1 aliphatic heterocycles. The van der Waals surface area contributed by atoms with Gasteiger partial charge in [-0.3, -0.25) is 0 Å². The van der Waals surface area contributed by atoms with Crippen molar-refractivity contribution in [1.29, 1.82) is 0 Å². The molecule has 20 heavy (non-hydrogen) atoms. The Morgan fingerprint density at radius 2 is 1.70 bits per heavy atom. The zero-order valence-corrected chi connectivity index (χ0v) is 11.4. The lowest BCUT2D eigenvalue weighted by atomic mass is 10.3. The Bertz CT molecular complexity index is 555. The lowest BCUT2D eigenvalue weighted by Gasteiger charge is -2.35. The summed E-state index contributed by atoms with van der Waals surface area (Å²) in [6.07, 6.45) is 3.37. The topological polar surface area (TPSA) is 54.4 Å². The van der Waals surface area contributed by atoms with Crippen LogP contribution in [0.25, 0.3) is 0 Å². The van der Waals surface area contributed by atoms with Crippen molar-refractivity contribution >= 4 is 11.6 Å². The molecule has 0 saturated carbocycles. The molecule has 1 aliphatic rings. The van der Waals surface area contributed by atoms with E-state index in [1.165, 1.54) is 0 Å². The van der Waals surface area contributed by atoms with Gasteiger partial charge in [-0.15, -0.1) is 0 Å². The first-order chi connectivity index (χ1) is 9.86. The van der Waals surface area contributed by atoms with Gasteiger partial charge in [0.1, 0.15) is 18.0 Å². The van der Waals surface area contributed by atoms with Crippen molar-refractivity contribution in [1.82, 2.24) is 15.0 Å². The number of pyridine rings is 1. The van der Waals surface area contributed by atoms with Gasteiger partial charge in [0.05, 0.1) is 7.11 Å². The van der Waals surface area contributed by atoms with E-state index in [1.54, 1.807) is 13.4 Å². The van der Waals surface area contributed by atoms with Crippen LogP contribution in [-0.4, -0.2) is 48.2 Å². The molecule has 0 bridgehead atoms. The quantitative estimate of drug-likeness (QED) is 0.836. The van der Waals surface area contributed by atoms with Crippen LogP contribution in [0.4, 0.5) is 11.6 Å². The number of hydrogen-bond donors (Lipinski definition) is 0. The summed E-state index contributed by atoms with van der Waals surface area (Å²) in [5, 5.41) is 0. The highest BCUT2D eigenvalue weighted by Gasteiger charge is 2.19. The summed E-state index contributed by atoms with van der Waals surface area (Å²) in [6.45, 7) is 3.69. The first-order valence-corrected chi connectivity index (χ1v) is 6.64. The van der Waals surface area contributed by atoms with E-state index in [-0.39, 0.29) is 0 Å². The van der Waals surface area contributed by atoms with Gasteiger partial charge in [-0.05, 0) is 12.1 Å². The Morgan fingerprint density at radius 3 is 2.35 bits per heavy atom. The molecule has 0 spiro atoms. The molecule has 0 N–H and O–H groups in total. The molecular weight excluding hydrogens is 254 g/mol. The van der Waals surface area contributed by atoms with Crippen molar-refractivity contribution < 1.29 is 4.74 Å². The average Bonchev–Trinajstić information content (AvgIpc) is 2.56.